The number of unbranched alkanes of at least 4 members (excludes halogenated alkanes) is 1. The van der Waals surface area contributed by atoms with E-state index in [2.05, 4.69) is 23.8 Å². The molecule has 2 aromatic carbocycles. The predicted molar refractivity (Wildman–Crippen MR) is 148 cm³/mol. The van der Waals surface area contributed by atoms with Gasteiger partial charge in [0.25, 0.3) is 0 Å². The Bertz CT molecular complexity index is 1190. The van der Waals surface area contributed by atoms with Crippen LogP contribution in [0.3, 0.4) is 0 Å². The highest BCUT2D eigenvalue weighted by Gasteiger charge is 2.21. The molecule has 1 N–H and O–H groups in total. The fourth-order valence-corrected chi connectivity index (χ4v) is 4.08. The first-order valence-corrected chi connectivity index (χ1v) is 12.7. The summed E-state index contributed by atoms with van der Waals surface area (Å²) in [6.07, 6.45) is 8.38. The number of allylic oxidation sites excluding steroid dienone is 4. The largest absolute Gasteiger partial charge is 0.358 e. The number of rotatable bonds is 8. The van der Waals surface area contributed by atoms with E-state index in [1.807, 2.05) is 50.3 Å². The number of nitrogens with one attached hydrogen (secondary N) is 1. The molecule has 1 atom stereocenters. The van der Waals surface area contributed by atoms with E-state index in [0.29, 0.717) is 10.4 Å². The zero-order valence-corrected chi connectivity index (χ0v) is 22.6. The van der Waals surface area contributed by atoms with Gasteiger partial charge in [-0.3, -0.25) is 4.99 Å². The molecule has 0 saturated carbocycles. The fourth-order valence-electron chi connectivity index (χ4n) is 3.79. The summed E-state index contributed by atoms with van der Waals surface area (Å²) in [6.45, 7) is 9.78. The summed E-state index contributed by atoms with van der Waals surface area (Å²) in [5, 5.41) is 1.52. The van der Waals surface area contributed by atoms with E-state index in [1.165, 1.54) is 12.3 Å². The highest BCUT2D eigenvalue weighted by atomic mass is 35.5. The molecule has 1 heterocycles. The lowest BCUT2D eigenvalue weighted by atomic mass is 9.92. The third-order valence-electron chi connectivity index (χ3n) is 5.74. The van der Waals surface area contributed by atoms with Gasteiger partial charge in [0.15, 0.2) is 5.82 Å². The summed E-state index contributed by atoms with van der Waals surface area (Å²) in [5.41, 5.74) is 4.90. The van der Waals surface area contributed by atoms with Crippen molar-refractivity contribution < 1.29 is 8.78 Å². The van der Waals surface area contributed by atoms with E-state index in [-0.39, 0.29) is 22.6 Å². The van der Waals surface area contributed by atoms with Crippen LogP contribution in [0.2, 0.25) is 10.0 Å². The van der Waals surface area contributed by atoms with Gasteiger partial charge in [0.05, 0.1) is 11.2 Å². The molecule has 3 rings (SSSR count). The van der Waals surface area contributed by atoms with Gasteiger partial charge in [0, 0.05) is 33.2 Å². The molecular formula is C29H34Cl2F2N2. The zero-order chi connectivity index (χ0) is 26.0. The van der Waals surface area contributed by atoms with Crippen molar-refractivity contribution >= 4 is 40.3 Å². The van der Waals surface area contributed by atoms with E-state index >= 15 is 0 Å². The molecule has 0 radical (unpaired) electrons. The minimum Gasteiger partial charge on any atom is -0.358 e. The molecule has 0 amide bonds. The van der Waals surface area contributed by atoms with Crippen LogP contribution in [0.1, 0.15) is 76.6 Å². The molecule has 0 aliphatic heterocycles. The number of halogens is 4. The summed E-state index contributed by atoms with van der Waals surface area (Å²) in [7, 11) is 0. The van der Waals surface area contributed by atoms with Gasteiger partial charge in [-0.1, -0.05) is 74.7 Å². The topological polar surface area (TPSA) is 28.1 Å². The number of aryl methyl sites for hydroxylation is 1. The second-order valence-corrected chi connectivity index (χ2v) is 9.21. The first kappa shape index (κ1) is 28.8. The zero-order valence-electron chi connectivity index (χ0n) is 21.1. The number of hydrogen-bond donors (Lipinski definition) is 1. The van der Waals surface area contributed by atoms with Crippen LogP contribution in [0.4, 0.5) is 8.78 Å². The molecule has 188 valence electrons. The molecule has 0 aliphatic carbocycles. The first-order chi connectivity index (χ1) is 16.7. The van der Waals surface area contributed by atoms with Crippen LogP contribution < -0.4 is 0 Å². The lowest BCUT2D eigenvalue weighted by Crippen LogP contribution is -2.01. The van der Waals surface area contributed by atoms with E-state index in [1.54, 1.807) is 13.0 Å². The molecule has 3 aromatic rings. The quantitative estimate of drug-likeness (QED) is 0.287. The van der Waals surface area contributed by atoms with Crippen molar-refractivity contribution in [2.75, 3.05) is 0 Å². The number of nitrogens with zero attached hydrogens (tertiary/aromatic N) is 1. The van der Waals surface area contributed by atoms with Crippen molar-refractivity contribution in [2.45, 2.75) is 66.2 Å². The minimum atomic E-state index is -0.328. The standard InChI is InChI=1S/C20H20Cl2FN.C9H14FN/c1-3-4-5-15-18-17(11-10-16(22)19(18)23)24-20(15)12(2)13-6-8-14(21)9-7-13;1-4-6-8(3)11-7-9(10)5-2/h6-12,24H,3-5H2,1-2H3;5-7H,4H2,1-3H3/b;8-6+,9-5+,11-7+. The Labute approximate surface area is 217 Å². The number of benzene rings is 2. The molecule has 0 bridgehead atoms. The lowest BCUT2D eigenvalue weighted by molar-refractivity contribution is 0.638. The Morgan fingerprint density at radius 1 is 1.11 bits per heavy atom. The van der Waals surface area contributed by atoms with Crippen molar-refractivity contribution in [3.63, 3.8) is 0 Å². The van der Waals surface area contributed by atoms with Gasteiger partial charge < -0.3 is 4.98 Å². The summed E-state index contributed by atoms with van der Waals surface area (Å²) in [5.74, 6) is -0.500. The Kier molecular flexibility index (Phi) is 11.7. The summed E-state index contributed by atoms with van der Waals surface area (Å²) >= 11 is 12.0. The van der Waals surface area contributed by atoms with Crippen molar-refractivity contribution in [2.24, 2.45) is 4.99 Å². The summed E-state index contributed by atoms with van der Waals surface area (Å²) < 4.78 is 27.1. The maximum absolute atomic E-state index is 14.6. The Hall–Kier alpha value is -2.43. The normalized spacial score (nSPS) is 13.3. The van der Waals surface area contributed by atoms with E-state index in [0.717, 1.165) is 53.7 Å². The van der Waals surface area contributed by atoms with Crippen molar-refractivity contribution in [3.05, 3.63) is 92.8 Å². The molecular weight excluding hydrogens is 485 g/mol. The molecule has 0 fully saturated rings. The molecule has 35 heavy (non-hydrogen) atoms. The smallest absolute Gasteiger partial charge is 0.151 e. The average molecular weight is 520 g/mol. The Balaban J connectivity index is 0.000000334. The maximum atomic E-state index is 14.6. The van der Waals surface area contributed by atoms with E-state index in [4.69, 9.17) is 23.2 Å². The molecule has 2 nitrogen and oxygen atoms in total. The number of hydrogen-bond acceptors (Lipinski definition) is 1. The molecule has 0 spiro atoms. The van der Waals surface area contributed by atoms with Crippen molar-refractivity contribution in [3.8, 4) is 0 Å². The van der Waals surface area contributed by atoms with Crippen LogP contribution in [-0.2, 0) is 6.42 Å². The van der Waals surface area contributed by atoms with E-state index < -0.39 is 0 Å². The highest BCUT2D eigenvalue weighted by molar-refractivity contribution is 6.31. The van der Waals surface area contributed by atoms with Gasteiger partial charge in [-0.05, 0) is 68.5 Å². The van der Waals surface area contributed by atoms with Crippen LogP contribution in [0.15, 0.2) is 65.1 Å². The van der Waals surface area contributed by atoms with E-state index in [9.17, 15) is 8.78 Å². The van der Waals surface area contributed by atoms with Gasteiger partial charge in [0.2, 0.25) is 0 Å². The maximum Gasteiger partial charge on any atom is 0.151 e. The predicted octanol–water partition coefficient (Wildman–Crippen LogP) is 10.4. The lowest BCUT2D eigenvalue weighted by Gasteiger charge is -2.14. The monoisotopic (exact) mass is 518 g/mol. The molecule has 6 heteroatoms. The molecule has 1 aromatic heterocycles. The highest BCUT2D eigenvalue weighted by Crippen LogP contribution is 2.36. The van der Waals surface area contributed by atoms with Crippen molar-refractivity contribution in [1.29, 1.82) is 0 Å². The summed E-state index contributed by atoms with van der Waals surface area (Å²) in [6, 6.07) is 11.3. The minimum absolute atomic E-state index is 0.125. The molecule has 1 unspecified atom stereocenters. The molecule has 0 saturated heterocycles. The average Bonchev–Trinajstić information content (AvgIpc) is 3.23. The second-order valence-electron chi connectivity index (χ2n) is 8.36. The number of H-pyrrole nitrogens is 1. The van der Waals surface area contributed by atoms with Crippen LogP contribution in [0.25, 0.3) is 10.9 Å². The van der Waals surface area contributed by atoms with Crippen molar-refractivity contribution in [1.82, 2.24) is 4.98 Å². The second kappa shape index (κ2) is 14.2. The van der Waals surface area contributed by atoms with Crippen LogP contribution in [-0.4, -0.2) is 11.2 Å². The van der Waals surface area contributed by atoms with Gasteiger partial charge in [-0.2, -0.15) is 0 Å². The SMILES string of the molecule is CCCCc1c(C(C)c2ccc(Cl)cc2)[nH]c2ccc(Cl)c(F)c12.C\C=C(F)/C=N/C(C)=C/CC. The van der Waals surface area contributed by atoms with Gasteiger partial charge in [0.1, 0.15) is 5.83 Å². The first-order valence-electron chi connectivity index (χ1n) is 12.0. The molecule has 0 aliphatic rings. The van der Waals surface area contributed by atoms with Crippen LogP contribution in [0, 0.1) is 5.82 Å². The number of aromatic amines is 1. The van der Waals surface area contributed by atoms with Gasteiger partial charge >= 0.3 is 0 Å². The number of aliphatic imine (C=N–C) groups is 1. The third kappa shape index (κ3) is 8.05. The number of aromatic nitrogens is 1. The van der Waals surface area contributed by atoms with Crippen LogP contribution >= 0.6 is 23.2 Å². The third-order valence-corrected chi connectivity index (χ3v) is 6.29. The van der Waals surface area contributed by atoms with Gasteiger partial charge in [-0.15, -0.1) is 0 Å². The Morgan fingerprint density at radius 3 is 2.40 bits per heavy atom. The fraction of sp³-hybridized carbons (Fsp3) is 0.345. The number of fused-ring (bicyclic) bond motifs is 1. The Morgan fingerprint density at radius 2 is 1.80 bits per heavy atom. The van der Waals surface area contributed by atoms with Crippen LogP contribution in [0.5, 0.6) is 0 Å². The summed E-state index contributed by atoms with van der Waals surface area (Å²) in [4.78, 5) is 7.30. The van der Waals surface area contributed by atoms with Gasteiger partial charge in [-0.25, -0.2) is 8.78 Å².